The van der Waals surface area contributed by atoms with Gasteiger partial charge in [-0.1, -0.05) is 42.5 Å². The molecule has 0 aromatic heterocycles. The topological polar surface area (TPSA) is 94.2 Å². The Morgan fingerprint density at radius 1 is 0.878 bits per heavy atom. The Morgan fingerprint density at radius 2 is 1.66 bits per heavy atom. The first-order valence-corrected chi connectivity index (χ1v) is 14.0. The zero-order valence-corrected chi connectivity index (χ0v) is 23.4. The number of methoxy groups -OCH3 is 1. The van der Waals surface area contributed by atoms with E-state index in [1.165, 1.54) is 28.9 Å². The number of thioether (sulfide) groups is 1. The quantitative estimate of drug-likeness (QED) is 0.107. The molecule has 0 unspecified atom stereocenters. The smallest absolute Gasteiger partial charge is 0.335 e. The molecule has 41 heavy (non-hydrogen) atoms. The van der Waals surface area contributed by atoms with Gasteiger partial charge in [-0.3, -0.25) is 14.9 Å². The minimum Gasteiger partial charge on any atom is -0.497 e. The second-order valence-electron chi connectivity index (χ2n) is 8.97. The molecule has 4 aromatic rings. The van der Waals surface area contributed by atoms with Crippen LogP contribution in [0.5, 0.6) is 17.2 Å². The monoisotopic (exact) mass is 568 g/mol. The highest BCUT2D eigenvalue weighted by atomic mass is 32.2. The third kappa shape index (κ3) is 6.20. The molecule has 1 fully saturated rings. The zero-order valence-electron chi connectivity index (χ0n) is 22.6. The Kier molecular flexibility index (Phi) is 8.55. The van der Waals surface area contributed by atoms with Crippen molar-refractivity contribution in [2.45, 2.75) is 11.8 Å². The third-order valence-electron chi connectivity index (χ3n) is 6.36. The van der Waals surface area contributed by atoms with Gasteiger partial charge in [0, 0.05) is 10.6 Å². The summed E-state index contributed by atoms with van der Waals surface area (Å²) < 4.78 is 17.0. The van der Waals surface area contributed by atoms with Crippen LogP contribution in [0.4, 0.5) is 10.5 Å². The van der Waals surface area contributed by atoms with E-state index in [1.807, 2.05) is 19.1 Å². The summed E-state index contributed by atoms with van der Waals surface area (Å²) in [7, 11) is 1.52. The SMILES string of the molecule is CCOc1cc(/C=C2/C(=O)NC(=O)N(c3ccc(OC)cc3)C2=O)ccc1OCCSc1cccc2ccccc12. The molecular formula is C32H28N2O6S. The number of hydrogen-bond acceptors (Lipinski definition) is 7. The van der Waals surface area contributed by atoms with Crippen LogP contribution in [-0.2, 0) is 9.59 Å². The molecule has 9 heteroatoms. The van der Waals surface area contributed by atoms with E-state index in [4.69, 9.17) is 14.2 Å². The average molecular weight is 569 g/mol. The maximum atomic E-state index is 13.2. The number of ether oxygens (including phenoxy) is 3. The number of nitrogens with one attached hydrogen (secondary N) is 1. The number of amides is 4. The number of carbonyl (C=O) groups excluding carboxylic acids is 3. The summed E-state index contributed by atoms with van der Waals surface area (Å²) in [5, 5.41) is 4.64. The standard InChI is InChI=1S/C32H28N2O6S/c1-3-39-28-20-21(11-16-27(28)40-17-18-41-29-10-6-8-22-7-4-5-9-25(22)29)19-26-30(35)33-32(37)34(31(26)36)23-12-14-24(38-2)15-13-23/h4-16,19-20H,3,17-18H2,1-2H3,(H,33,35,37)/b26-19-. The zero-order chi connectivity index (χ0) is 28.8. The van der Waals surface area contributed by atoms with Gasteiger partial charge in [-0.25, -0.2) is 9.69 Å². The van der Waals surface area contributed by atoms with Gasteiger partial charge in [-0.2, -0.15) is 0 Å². The molecule has 0 spiro atoms. The number of rotatable bonds is 10. The summed E-state index contributed by atoms with van der Waals surface area (Å²) >= 11 is 1.72. The molecule has 0 saturated carbocycles. The Labute approximate surface area is 241 Å². The van der Waals surface area contributed by atoms with Crippen LogP contribution in [0.25, 0.3) is 16.8 Å². The van der Waals surface area contributed by atoms with Gasteiger partial charge in [-0.15, -0.1) is 11.8 Å². The van der Waals surface area contributed by atoms with E-state index in [1.54, 1.807) is 54.2 Å². The van der Waals surface area contributed by atoms with Gasteiger partial charge in [0.05, 0.1) is 26.0 Å². The molecule has 5 rings (SSSR count). The molecule has 0 aliphatic carbocycles. The molecule has 0 radical (unpaired) electrons. The molecule has 4 aromatic carbocycles. The van der Waals surface area contributed by atoms with Crippen molar-refractivity contribution < 1.29 is 28.6 Å². The van der Waals surface area contributed by atoms with E-state index in [2.05, 4.69) is 35.6 Å². The average Bonchev–Trinajstić information content (AvgIpc) is 2.99. The predicted octanol–water partition coefficient (Wildman–Crippen LogP) is 6.08. The minimum absolute atomic E-state index is 0.178. The molecule has 208 valence electrons. The van der Waals surface area contributed by atoms with Crippen LogP contribution in [0.3, 0.4) is 0 Å². The summed E-state index contributed by atoms with van der Waals surface area (Å²) in [4.78, 5) is 40.5. The number of barbiturate groups is 1. The first-order chi connectivity index (χ1) is 20.0. The Hall–Kier alpha value is -4.76. The number of nitrogens with zero attached hydrogens (tertiary/aromatic N) is 1. The fourth-order valence-electron chi connectivity index (χ4n) is 4.42. The number of urea groups is 1. The van der Waals surface area contributed by atoms with Gasteiger partial charge in [0.1, 0.15) is 11.3 Å². The number of fused-ring (bicyclic) bond motifs is 1. The van der Waals surface area contributed by atoms with Crippen LogP contribution in [0, 0.1) is 0 Å². The summed E-state index contributed by atoms with van der Waals surface area (Å²) in [5.41, 5.74) is 0.684. The van der Waals surface area contributed by atoms with Crippen molar-refractivity contribution in [1.82, 2.24) is 5.32 Å². The largest absolute Gasteiger partial charge is 0.497 e. The second kappa shape index (κ2) is 12.6. The van der Waals surface area contributed by atoms with Crippen molar-refractivity contribution in [2.75, 3.05) is 31.0 Å². The predicted molar refractivity (Wildman–Crippen MR) is 160 cm³/mol. The van der Waals surface area contributed by atoms with Crippen LogP contribution < -0.4 is 24.4 Å². The second-order valence-corrected chi connectivity index (χ2v) is 10.1. The minimum atomic E-state index is -0.817. The van der Waals surface area contributed by atoms with Gasteiger partial charge in [-0.05, 0) is 71.8 Å². The van der Waals surface area contributed by atoms with E-state index in [0.29, 0.717) is 41.7 Å². The van der Waals surface area contributed by atoms with E-state index in [9.17, 15) is 14.4 Å². The Bertz CT molecular complexity index is 1630. The number of carbonyl (C=O) groups is 3. The van der Waals surface area contributed by atoms with E-state index < -0.39 is 17.8 Å². The van der Waals surface area contributed by atoms with Crippen molar-refractivity contribution in [3.63, 3.8) is 0 Å². The number of hydrogen-bond donors (Lipinski definition) is 1. The lowest BCUT2D eigenvalue weighted by Crippen LogP contribution is -2.54. The van der Waals surface area contributed by atoms with Crippen LogP contribution in [0.15, 0.2) is 95.4 Å². The summed E-state index contributed by atoms with van der Waals surface area (Å²) in [5.74, 6) is 0.852. The molecule has 1 aliphatic heterocycles. The van der Waals surface area contributed by atoms with Crippen molar-refractivity contribution in [2.24, 2.45) is 0 Å². The van der Waals surface area contributed by atoms with Crippen LogP contribution >= 0.6 is 11.8 Å². The van der Waals surface area contributed by atoms with Crippen LogP contribution in [0.2, 0.25) is 0 Å². The molecule has 8 nitrogen and oxygen atoms in total. The Morgan fingerprint density at radius 3 is 2.44 bits per heavy atom. The van der Waals surface area contributed by atoms with Gasteiger partial charge < -0.3 is 14.2 Å². The van der Waals surface area contributed by atoms with E-state index in [0.717, 1.165) is 10.7 Å². The fourth-order valence-corrected chi connectivity index (χ4v) is 5.32. The van der Waals surface area contributed by atoms with Crippen molar-refractivity contribution >= 4 is 52.1 Å². The first kappa shape index (κ1) is 27.8. The Balaban J connectivity index is 1.30. The number of imide groups is 2. The molecular weight excluding hydrogens is 540 g/mol. The third-order valence-corrected chi connectivity index (χ3v) is 7.40. The molecule has 1 saturated heterocycles. The molecule has 4 amide bonds. The maximum Gasteiger partial charge on any atom is 0.335 e. The van der Waals surface area contributed by atoms with Gasteiger partial charge in [0.15, 0.2) is 11.5 Å². The lowest BCUT2D eigenvalue weighted by Gasteiger charge is -2.26. The van der Waals surface area contributed by atoms with Gasteiger partial charge in [0.25, 0.3) is 11.8 Å². The molecule has 1 heterocycles. The molecule has 0 atom stereocenters. The highest BCUT2D eigenvalue weighted by molar-refractivity contribution is 7.99. The summed E-state index contributed by atoms with van der Waals surface area (Å²) in [6.07, 6.45) is 1.43. The van der Waals surface area contributed by atoms with Gasteiger partial charge in [0.2, 0.25) is 0 Å². The van der Waals surface area contributed by atoms with E-state index in [-0.39, 0.29) is 5.57 Å². The van der Waals surface area contributed by atoms with Crippen molar-refractivity contribution in [1.29, 1.82) is 0 Å². The lowest BCUT2D eigenvalue weighted by atomic mass is 10.1. The fraction of sp³-hybridized carbons (Fsp3) is 0.156. The lowest BCUT2D eigenvalue weighted by molar-refractivity contribution is -0.122. The molecule has 1 N–H and O–H groups in total. The highest BCUT2D eigenvalue weighted by Crippen LogP contribution is 2.32. The summed E-state index contributed by atoms with van der Waals surface area (Å²) in [6, 6.07) is 25.3. The van der Waals surface area contributed by atoms with Crippen LogP contribution in [-0.4, -0.2) is 43.9 Å². The normalized spacial score (nSPS) is 14.3. The van der Waals surface area contributed by atoms with Crippen LogP contribution in [0.1, 0.15) is 12.5 Å². The molecule has 1 aliphatic rings. The first-order valence-electron chi connectivity index (χ1n) is 13.0. The van der Waals surface area contributed by atoms with Crippen molar-refractivity contribution in [3.05, 3.63) is 96.1 Å². The van der Waals surface area contributed by atoms with Crippen molar-refractivity contribution in [3.8, 4) is 17.2 Å². The van der Waals surface area contributed by atoms with E-state index >= 15 is 0 Å². The maximum absolute atomic E-state index is 13.2. The summed E-state index contributed by atoms with van der Waals surface area (Å²) in [6.45, 7) is 2.72. The van der Waals surface area contributed by atoms with Gasteiger partial charge >= 0.3 is 6.03 Å². The molecule has 0 bridgehead atoms. The number of benzene rings is 4. The highest BCUT2D eigenvalue weighted by Gasteiger charge is 2.36. The number of anilines is 1.